The second-order valence-corrected chi connectivity index (χ2v) is 6.54. The predicted octanol–water partition coefficient (Wildman–Crippen LogP) is 3.92. The Kier molecular flexibility index (Phi) is 4.54. The number of nitrogens with zero attached hydrogens (tertiary/aromatic N) is 3. The molecule has 2 heterocycles. The molecule has 0 spiro atoms. The number of hydrogen-bond acceptors (Lipinski definition) is 5. The van der Waals surface area contributed by atoms with E-state index in [-0.39, 0.29) is 35.2 Å². The van der Waals surface area contributed by atoms with Crippen molar-refractivity contribution in [3.8, 4) is 17.1 Å². The van der Waals surface area contributed by atoms with Crippen LogP contribution in [0.25, 0.3) is 11.4 Å². The van der Waals surface area contributed by atoms with Crippen molar-refractivity contribution in [1.29, 1.82) is 0 Å². The monoisotopic (exact) mass is 385 g/mol. The molecule has 1 aliphatic heterocycles. The van der Waals surface area contributed by atoms with Crippen molar-refractivity contribution in [2.45, 2.75) is 19.4 Å². The van der Waals surface area contributed by atoms with Gasteiger partial charge in [0, 0.05) is 12.1 Å². The van der Waals surface area contributed by atoms with E-state index in [1.165, 1.54) is 37.4 Å². The number of benzene rings is 2. The third-order valence-corrected chi connectivity index (χ3v) is 4.82. The first-order chi connectivity index (χ1) is 13.5. The summed E-state index contributed by atoms with van der Waals surface area (Å²) in [5, 5.41) is 3.91. The highest BCUT2D eigenvalue weighted by atomic mass is 19.1. The van der Waals surface area contributed by atoms with Crippen molar-refractivity contribution < 1.29 is 22.8 Å². The molecule has 28 heavy (non-hydrogen) atoms. The van der Waals surface area contributed by atoms with Gasteiger partial charge in [-0.3, -0.25) is 4.79 Å². The molecule has 144 valence electrons. The first-order valence-electron chi connectivity index (χ1n) is 8.73. The molecule has 0 N–H and O–H groups in total. The van der Waals surface area contributed by atoms with Crippen LogP contribution in [-0.4, -0.2) is 34.6 Å². The van der Waals surface area contributed by atoms with Gasteiger partial charge in [-0.1, -0.05) is 11.2 Å². The maximum Gasteiger partial charge on any atom is 0.254 e. The molecule has 1 fully saturated rings. The topological polar surface area (TPSA) is 68.5 Å². The van der Waals surface area contributed by atoms with E-state index in [4.69, 9.17) is 9.26 Å². The average Bonchev–Trinajstić information content (AvgIpc) is 3.11. The molecule has 1 atom stereocenters. The van der Waals surface area contributed by atoms with Crippen LogP contribution >= 0.6 is 0 Å². The Bertz CT molecular complexity index is 1050. The lowest BCUT2D eigenvalue weighted by molar-refractivity contribution is 0.0378. The fourth-order valence-electron chi connectivity index (χ4n) is 3.20. The van der Waals surface area contributed by atoms with Gasteiger partial charge in [-0.2, -0.15) is 4.98 Å². The molecule has 8 heteroatoms. The van der Waals surface area contributed by atoms with Gasteiger partial charge in [-0.25, -0.2) is 8.78 Å². The zero-order valence-electron chi connectivity index (χ0n) is 15.3. The van der Waals surface area contributed by atoms with E-state index in [1.54, 1.807) is 17.9 Å². The molecule has 0 radical (unpaired) electrons. The summed E-state index contributed by atoms with van der Waals surface area (Å²) in [5.74, 6) is -0.649. The lowest BCUT2D eigenvalue weighted by Crippen LogP contribution is -2.45. The van der Waals surface area contributed by atoms with Crippen molar-refractivity contribution in [1.82, 2.24) is 15.0 Å². The predicted molar refractivity (Wildman–Crippen MR) is 95.8 cm³/mol. The number of para-hydroxylation sites is 1. The number of likely N-dealkylation sites (tertiary alicyclic amines) is 1. The summed E-state index contributed by atoms with van der Waals surface area (Å²) in [4.78, 5) is 18.7. The highest BCUT2D eigenvalue weighted by molar-refractivity contribution is 5.95. The number of carbonyl (C=O) groups excluding carboxylic acids is 1. The molecular formula is C20H17F2N3O3. The van der Waals surface area contributed by atoms with Crippen molar-refractivity contribution >= 4 is 5.91 Å². The summed E-state index contributed by atoms with van der Waals surface area (Å²) in [7, 11) is 1.36. The van der Waals surface area contributed by atoms with E-state index < -0.39 is 5.82 Å². The number of amides is 1. The molecule has 1 amide bonds. The highest BCUT2D eigenvalue weighted by Gasteiger charge is 2.38. The maximum absolute atomic E-state index is 13.9. The summed E-state index contributed by atoms with van der Waals surface area (Å²) < 4.78 is 37.8. The molecule has 1 aliphatic rings. The standard InChI is InChI=1S/C20H17F2N3O3/c1-11-10-12(6-7-14(11)21)20(26)25-9-8-16(25)19-23-18(24-28-19)13-4-3-5-15(22)17(13)27-2/h3-7,10,16H,8-9H2,1-2H3/t16-/m0/s1. The van der Waals surface area contributed by atoms with Gasteiger partial charge in [0.15, 0.2) is 11.6 Å². The van der Waals surface area contributed by atoms with Crippen LogP contribution in [0.1, 0.15) is 34.3 Å². The molecule has 1 aromatic heterocycles. The molecule has 3 aromatic rings. The minimum atomic E-state index is -0.529. The molecule has 0 unspecified atom stereocenters. The number of carbonyl (C=O) groups is 1. The first-order valence-corrected chi connectivity index (χ1v) is 8.73. The van der Waals surface area contributed by atoms with Crippen LogP contribution in [0, 0.1) is 18.6 Å². The lowest BCUT2D eigenvalue weighted by atomic mass is 10.0. The van der Waals surface area contributed by atoms with Gasteiger partial charge >= 0.3 is 0 Å². The number of methoxy groups -OCH3 is 1. The first kappa shape index (κ1) is 18.1. The van der Waals surface area contributed by atoms with E-state index in [1.807, 2.05) is 0 Å². The van der Waals surface area contributed by atoms with Gasteiger partial charge in [-0.05, 0) is 49.2 Å². The molecule has 1 saturated heterocycles. The third-order valence-electron chi connectivity index (χ3n) is 4.82. The summed E-state index contributed by atoms with van der Waals surface area (Å²) in [6, 6.07) is 8.30. The van der Waals surface area contributed by atoms with Gasteiger partial charge in [0.25, 0.3) is 5.91 Å². The largest absolute Gasteiger partial charge is 0.493 e. The van der Waals surface area contributed by atoms with E-state index in [9.17, 15) is 13.6 Å². The molecule has 0 saturated carbocycles. The van der Waals surface area contributed by atoms with E-state index >= 15 is 0 Å². The molecule has 0 bridgehead atoms. The Hall–Kier alpha value is -3.29. The smallest absolute Gasteiger partial charge is 0.254 e. The van der Waals surface area contributed by atoms with Gasteiger partial charge in [0.2, 0.25) is 11.7 Å². The van der Waals surface area contributed by atoms with Crippen molar-refractivity contribution in [3.05, 3.63) is 65.1 Å². The SMILES string of the molecule is COc1c(F)cccc1-c1noc([C@@H]2CCN2C(=O)c2ccc(F)c(C)c2)n1. The number of aromatic nitrogens is 2. The number of aryl methyl sites for hydroxylation is 1. The second-order valence-electron chi connectivity index (χ2n) is 6.54. The quantitative estimate of drug-likeness (QED) is 0.681. The summed E-state index contributed by atoms with van der Waals surface area (Å²) in [5.41, 5.74) is 1.17. The average molecular weight is 385 g/mol. The molecular weight excluding hydrogens is 368 g/mol. The van der Waals surface area contributed by atoms with E-state index in [0.29, 0.717) is 29.7 Å². The van der Waals surface area contributed by atoms with Gasteiger partial charge in [0.1, 0.15) is 11.9 Å². The minimum Gasteiger partial charge on any atom is -0.493 e. The van der Waals surface area contributed by atoms with Crippen LogP contribution in [0.3, 0.4) is 0 Å². The van der Waals surface area contributed by atoms with Gasteiger partial charge in [0.05, 0.1) is 12.7 Å². The zero-order valence-corrected chi connectivity index (χ0v) is 15.3. The number of rotatable bonds is 4. The van der Waals surface area contributed by atoms with E-state index in [2.05, 4.69) is 10.1 Å². The fourth-order valence-corrected chi connectivity index (χ4v) is 3.20. The van der Waals surface area contributed by atoms with Crippen LogP contribution in [0.4, 0.5) is 8.78 Å². The summed E-state index contributed by atoms with van der Waals surface area (Å²) in [6.07, 6.45) is 0.661. The van der Waals surface area contributed by atoms with Gasteiger partial charge < -0.3 is 14.2 Å². The lowest BCUT2D eigenvalue weighted by Gasteiger charge is -2.38. The molecule has 6 nitrogen and oxygen atoms in total. The summed E-state index contributed by atoms with van der Waals surface area (Å²) >= 11 is 0. The normalized spacial score (nSPS) is 16.0. The number of ether oxygens (including phenoxy) is 1. The minimum absolute atomic E-state index is 0.0261. The van der Waals surface area contributed by atoms with Crippen molar-refractivity contribution in [3.63, 3.8) is 0 Å². The molecule has 4 rings (SSSR count). The zero-order chi connectivity index (χ0) is 19.8. The number of hydrogen-bond donors (Lipinski definition) is 0. The van der Waals surface area contributed by atoms with Crippen LogP contribution in [0.15, 0.2) is 40.9 Å². The Balaban J connectivity index is 1.58. The third kappa shape index (κ3) is 3.00. The van der Waals surface area contributed by atoms with Crippen LogP contribution < -0.4 is 4.74 Å². The fraction of sp³-hybridized carbons (Fsp3) is 0.250. The molecule has 0 aliphatic carbocycles. The van der Waals surface area contributed by atoms with Crippen LogP contribution in [0.2, 0.25) is 0 Å². The Morgan fingerprint density at radius 2 is 2.07 bits per heavy atom. The van der Waals surface area contributed by atoms with Crippen molar-refractivity contribution in [2.24, 2.45) is 0 Å². The van der Waals surface area contributed by atoms with Crippen molar-refractivity contribution in [2.75, 3.05) is 13.7 Å². The molecule has 2 aromatic carbocycles. The van der Waals surface area contributed by atoms with Gasteiger partial charge in [-0.15, -0.1) is 0 Å². The summed E-state index contributed by atoms with van der Waals surface area (Å²) in [6.45, 7) is 2.14. The van der Waals surface area contributed by atoms with Crippen LogP contribution in [0.5, 0.6) is 5.75 Å². The Morgan fingerprint density at radius 1 is 1.25 bits per heavy atom. The Labute approximate surface area is 159 Å². The second kappa shape index (κ2) is 7.03. The number of halogens is 2. The van der Waals surface area contributed by atoms with Crippen LogP contribution in [-0.2, 0) is 0 Å². The Morgan fingerprint density at radius 3 is 2.75 bits per heavy atom. The maximum atomic E-state index is 13.9. The van der Waals surface area contributed by atoms with E-state index in [0.717, 1.165) is 0 Å². The highest BCUT2D eigenvalue weighted by Crippen LogP contribution is 2.36.